The maximum atomic E-state index is 12.2. The molecule has 132 valence electrons. The number of nitrogens with one attached hydrogen (secondary N) is 1. The van der Waals surface area contributed by atoms with Crippen molar-refractivity contribution >= 4 is 46.8 Å². The van der Waals surface area contributed by atoms with Crippen molar-refractivity contribution in [2.75, 3.05) is 7.05 Å². The number of carbonyl (C=O) groups is 1. The summed E-state index contributed by atoms with van der Waals surface area (Å²) in [7, 11) is 1.79. The first-order valence-corrected chi connectivity index (χ1v) is 8.84. The molecule has 0 radical (unpaired) electrons. The molecule has 0 fully saturated rings. The first kappa shape index (κ1) is 19.8. The quantitative estimate of drug-likeness (QED) is 0.437. The number of alkyl halides is 3. The average Bonchev–Trinajstić information content (AvgIpc) is 2.58. The maximum absolute atomic E-state index is 12.2. The lowest BCUT2D eigenvalue weighted by molar-refractivity contribution is -0.118. The van der Waals surface area contributed by atoms with Gasteiger partial charge in [-0.2, -0.15) is 0 Å². The molecule has 2 aromatic carbocycles. The van der Waals surface area contributed by atoms with E-state index in [1.54, 1.807) is 18.0 Å². The van der Waals surface area contributed by atoms with Crippen LogP contribution in [0.4, 0.5) is 0 Å². The van der Waals surface area contributed by atoms with Crippen LogP contribution < -0.4 is 5.32 Å². The Labute approximate surface area is 163 Å². The lowest BCUT2D eigenvalue weighted by Gasteiger charge is -2.33. The highest BCUT2D eigenvalue weighted by molar-refractivity contribution is 6.68. The van der Waals surface area contributed by atoms with Crippen LogP contribution in [0, 0.1) is 0 Å². The Morgan fingerprint density at radius 3 is 2.20 bits per heavy atom. The second-order valence-corrected chi connectivity index (χ2v) is 7.97. The number of hydrogen-bond donors (Lipinski definition) is 1. The predicted octanol–water partition coefficient (Wildman–Crippen LogP) is 4.64. The Bertz CT molecular complexity index is 700. The van der Waals surface area contributed by atoms with E-state index in [9.17, 15) is 4.79 Å². The first-order valence-electron chi connectivity index (χ1n) is 7.71. The third-order valence-electron chi connectivity index (χ3n) is 3.53. The Balaban J connectivity index is 2.04. The van der Waals surface area contributed by atoms with Gasteiger partial charge >= 0.3 is 0 Å². The Morgan fingerprint density at radius 1 is 1.08 bits per heavy atom. The number of nitrogens with zero attached hydrogens (tertiary/aromatic N) is 1. The van der Waals surface area contributed by atoms with E-state index in [0.29, 0.717) is 6.54 Å². The molecule has 0 unspecified atom stereocenters. The van der Waals surface area contributed by atoms with Crippen LogP contribution in [-0.2, 0) is 11.3 Å². The van der Waals surface area contributed by atoms with Gasteiger partial charge < -0.3 is 5.32 Å². The van der Waals surface area contributed by atoms with Crippen LogP contribution in [0.25, 0.3) is 6.08 Å². The molecule has 3 nitrogen and oxygen atoms in total. The molecule has 0 aliphatic heterocycles. The van der Waals surface area contributed by atoms with Crippen molar-refractivity contribution in [3.63, 3.8) is 0 Å². The molecule has 0 spiro atoms. The van der Waals surface area contributed by atoms with Crippen molar-refractivity contribution in [1.29, 1.82) is 0 Å². The van der Waals surface area contributed by atoms with Crippen molar-refractivity contribution in [2.24, 2.45) is 0 Å². The average molecular weight is 398 g/mol. The highest BCUT2D eigenvalue weighted by atomic mass is 35.6. The molecule has 1 amide bonds. The third-order valence-corrected chi connectivity index (χ3v) is 4.15. The highest BCUT2D eigenvalue weighted by Crippen LogP contribution is 2.32. The van der Waals surface area contributed by atoms with E-state index in [2.05, 4.69) is 5.32 Å². The molecule has 25 heavy (non-hydrogen) atoms. The van der Waals surface area contributed by atoms with Gasteiger partial charge in [-0.1, -0.05) is 95.5 Å². The van der Waals surface area contributed by atoms with Crippen LogP contribution in [0.3, 0.4) is 0 Å². The van der Waals surface area contributed by atoms with E-state index in [4.69, 9.17) is 34.8 Å². The fourth-order valence-corrected chi connectivity index (χ4v) is 2.99. The van der Waals surface area contributed by atoms with Gasteiger partial charge in [-0.25, -0.2) is 0 Å². The summed E-state index contributed by atoms with van der Waals surface area (Å²) in [6.45, 7) is 0.530. The van der Waals surface area contributed by atoms with Crippen molar-refractivity contribution in [1.82, 2.24) is 10.2 Å². The second-order valence-electron chi connectivity index (χ2n) is 5.60. The van der Waals surface area contributed by atoms with Crippen LogP contribution >= 0.6 is 34.8 Å². The molecule has 0 aromatic heterocycles. The van der Waals surface area contributed by atoms with E-state index in [0.717, 1.165) is 11.1 Å². The van der Waals surface area contributed by atoms with Gasteiger partial charge in [0, 0.05) is 12.6 Å². The molecule has 0 saturated heterocycles. The number of halogens is 3. The van der Waals surface area contributed by atoms with E-state index in [1.807, 2.05) is 60.7 Å². The predicted molar refractivity (Wildman–Crippen MR) is 106 cm³/mol. The number of amides is 1. The van der Waals surface area contributed by atoms with Crippen LogP contribution in [0.2, 0.25) is 0 Å². The monoisotopic (exact) mass is 396 g/mol. The summed E-state index contributed by atoms with van der Waals surface area (Å²) < 4.78 is -1.67. The third kappa shape index (κ3) is 6.71. The molecule has 2 aromatic rings. The molecule has 0 heterocycles. The van der Waals surface area contributed by atoms with Gasteiger partial charge in [-0.3, -0.25) is 9.69 Å². The minimum Gasteiger partial charge on any atom is -0.333 e. The number of rotatable bonds is 6. The largest absolute Gasteiger partial charge is 0.333 e. The van der Waals surface area contributed by atoms with Crippen LogP contribution in [0.1, 0.15) is 11.1 Å². The highest BCUT2D eigenvalue weighted by Gasteiger charge is 2.36. The number of benzene rings is 2. The van der Waals surface area contributed by atoms with E-state index < -0.39 is 9.96 Å². The fraction of sp³-hybridized carbons (Fsp3) is 0.211. The molecule has 0 aliphatic carbocycles. The van der Waals surface area contributed by atoms with E-state index in [-0.39, 0.29) is 5.91 Å². The molecule has 0 saturated carbocycles. The van der Waals surface area contributed by atoms with Crippen LogP contribution in [0.15, 0.2) is 66.7 Å². The van der Waals surface area contributed by atoms with Gasteiger partial charge in [0.15, 0.2) is 0 Å². The molecular weight excluding hydrogens is 379 g/mol. The Hall–Kier alpha value is -1.52. The zero-order valence-corrected chi connectivity index (χ0v) is 16.0. The van der Waals surface area contributed by atoms with E-state index >= 15 is 0 Å². The molecule has 0 bridgehead atoms. The molecule has 6 heteroatoms. The SMILES string of the molecule is CN(Cc1ccccc1)[C@H](NC(=O)/C=C/c1ccccc1)C(Cl)(Cl)Cl. The normalized spacial score (nSPS) is 13.2. The summed E-state index contributed by atoms with van der Waals surface area (Å²) in [4.78, 5) is 14.0. The van der Waals surface area contributed by atoms with Gasteiger partial charge in [0.1, 0.15) is 6.17 Å². The second kappa shape index (κ2) is 9.25. The summed E-state index contributed by atoms with van der Waals surface area (Å²) in [5, 5.41) is 2.75. The van der Waals surface area contributed by atoms with Crippen LogP contribution in [-0.4, -0.2) is 27.8 Å². The number of carbonyl (C=O) groups excluding carboxylic acids is 1. The van der Waals surface area contributed by atoms with Gasteiger partial charge in [-0.05, 0) is 24.3 Å². The smallest absolute Gasteiger partial charge is 0.245 e. The first-order chi connectivity index (χ1) is 11.9. The molecular formula is C19H19Cl3N2O. The van der Waals surface area contributed by atoms with Gasteiger partial charge in [-0.15, -0.1) is 0 Å². The molecule has 0 aliphatic rings. The maximum Gasteiger partial charge on any atom is 0.245 e. The van der Waals surface area contributed by atoms with Gasteiger partial charge in [0.2, 0.25) is 9.70 Å². The summed E-state index contributed by atoms with van der Waals surface area (Å²) in [5.41, 5.74) is 1.97. The zero-order chi connectivity index (χ0) is 18.3. The van der Waals surface area contributed by atoms with Crippen molar-refractivity contribution in [3.8, 4) is 0 Å². The Morgan fingerprint density at radius 2 is 1.64 bits per heavy atom. The van der Waals surface area contributed by atoms with E-state index in [1.165, 1.54) is 6.08 Å². The lowest BCUT2D eigenvalue weighted by Crippen LogP contribution is -2.53. The van der Waals surface area contributed by atoms with Crippen molar-refractivity contribution in [3.05, 3.63) is 77.9 Å². The lowest BCUT2D eigenvalue weighted by atomic mass is 10.2. The molecule has 1 N–H and O–H groups in total. The fourth-order valence-electron chi connectivity index (χ4n) is 2.32. The summed E-state index contributed by atoms with van der Waals surface area (Å²) in [5.74, 6) is -0.333. The summed E-state index contributed by atoms with van der Waals surface area (Å²) in [6.07, 6.45) is 2.36. The van der Waals surface area contributed by atoms with Crippen LogP contribution in [0.5, 0.6) is 0 Å². The summed E-state index contributed by atoms with van der Waals surface area (Å²) in [6, 6.07) is 19.3. The zero-order valence-electron chi connectivity index (χ0n) is 13.7. The molecule has 2 rings (SSSR count). The topological polar surface area (TPSA) is 32.3 Å². The van der Waals surface area contributed by atoms with Crippen molar-refractivity contribution < 1.29 is 4.79 Å². The summed E-state index contributed by atoms with van der Waals surface area (Å²) >= 11 is 18.2. The minimum atomic E-state index is -1.67. The minimum absolute atomic E-state index is 0.333. The standard InChI is InChI=1S/C19H19Cl3N2O/c1-24(14-16-10-6-3-7-11-16)18(19(20,21)22)23-17(25)13-12-15-8-4-2-5-9-15/h2-13,18H,14H2,1H3,(H,23,25)/b13-12+/t18-/m0/s1. The van der Waals surface area contributed by atoms with Crippen molar-refractivity contribution in [2.45, 2.75) is 16.5 Å². The Kier molecular flexibility index (Phi) is 7.33. The van der Waals surface area contributed by atoms with Gasteiger partial charge in [0.25, 0.3) is 0 Å². The van der Waals surface area contributed by atoms with Gasteiger partial charge in [0.05, 0.1) is 0 Å². The number of hydrogen-bond acceptors (Lipinski definition) is 2. The molecule has 1 atom stereocenters.